The molecule has 0 aliphatic rings. The van der Waals surface area contributed by atoms with Crippen molar-refractivity contribution in [2.45, 2.75) is 6.92 Å². The third kappa shape index (κ3) is 2.84. The van der Waals surface area contributed by atoms with E-state index in [4.69, 9.17) is 27.8 Å². The SMILES string of the molecule is Cc1cc(OS(=O)O)c(Cl)cc1Cl. The highest BCUT2D eigenvalue weighted by molar-refractivity contribution is 7.74. The smallest absolute Gasteiger partial charge is 0.357 e. The predicted octanol–water partition coefficient (Wildman–Crippen LogP) is 2.82. The van der Waals surface area contributed by atoms with Gasteiger partial charge in [-0.3, -0.25) is 4.55 Å². The second-order valence-electron chi connectivity index (χ2n) is 2.33. The van der Waals surface area contributed by atoms with E-state index < -0.39 is 11.4 Å². The summed E-state index contributed by atoms with van der Waals surface area (Å²) in [5.41, 5.74) is 0.728. The van der Waals surface area contributed by atoms with E-state index in [-0.39, 0.29) is 10.8 Å². The van der Waals surface area contributed by atoms with Crippen molar-refractivity contribution in [3.8, 4) is 5.75 Å². The average molecular weight is 241 g/mol. The first kappa shape index (κ1) is 10.8. The van der Waals surface area contributed by atoms with E-state index in [1.54, 1.807) is 6.92 Å². The van der Waals surface area contributed by atoms with Crippen molar-refractivity contribution in [2.75, 3.05) is 0 Å². The standard InChI is InChI=1S/C7H6Cl2O3S/c1-4-2-7(12-13(10)11)6(9)3-5(4)8/h2-3H,1H3,(H,10,11). The zero-order valence-corrected chi connectivity index (χ0v) is 8.91. The molecule has 0 aliphatic carbocycles. The van der Waals surface area contributed by atoms with Crippen molar-refractivity contribution in [1.29, 1.82) is 0 Å². The highest BCUT2D eigenvalue weighted by atomic mass is 35.5. The molecular weight excluding hydrogens is 235 g/mol. The molecule has 0 fully saturated rings. The largest absolute Gasteiger partial charge is 0.379 e. The minimum Gasteiger partial charge on any atom is -0.379 e. The first-order valence-corrected chi connectivity index (χ1v) is 5.04. The second-order valence-corrected chi connectivity index (χ2v) is 3.75. The molecule has 6 heteroatoms. The monoisotopic (exact) mass is 240 g/mol. The quantitative estimate of drug-likeness (QED) is 0.810. The van der Waals surface area contributed by atoms with Gasteiger partial charge in [-0.25, -0.2) is 0 Å². The van der Waals surface area contributed by atoms with Crippen molar-refractivity contribution < 1.29 is 12.9 Å². The van der Waals surface area contributed by atoms with Crippen molar-refractivity contribution in [1.82, 2.24) is 0 Å². The molecule has 0 heterocycles. The molecule has 13 heavy (non-hydrogen) atoms. The lowest BCUT2D eigenvalue weighted by atomic mass is 10.2. The second kappa shape index (κ2) is 4.28. The molecular formula is C7H6Cl2O3S. The average Bonchev–Trinajstić information content (AvgIpc) is 1.99. The normalized spacial score (nSPS) is 12.6. The summed E-state index contributed by atoms with van der Waals surface area (Å²) in [5, 5.41) is 0.694. The molecule has 72 valence electrons. The number of hydrogen-bond donors (Lipinski definition) is 1. The Kier molecular flexibility index (Phi) is 3.55. The lowest BCUT2D eigenvalue weighted by Gasteiger charge is -2.05. The summed E-state index contributed by atoms with van der Waals surface area (Å²) in [5.74, 6) is 0.143. The van der Waals surface area contributed by atoms with Crippen molar-refractivity contribution >= 4 is 34.6 Å². The van der Waals surface area contributed by atoms with Crippen molar-refractivity contribution in [2.24, 2.45) is 0 Å². The summed E-state index contributed by atoms with van der Waals surface area (Å²) in [6.45, 7) is 1.74. The zero-order valence-electron chi connectivity index (χ0n) is 6.58. The van der Waals surface area contributed by atoms with E-state index in [2.05, 4.69) is 4.18 Å². The number of halogens is 2. The summed E-state index contributed by atoms with van der Waals surface area (Å²) in [6, 6.07) is 2.96. The summed E-state index contributed by atoms with van der Waals surface area (Å²) < 4.78 is 23.3. The van der Waals surface area contributed by atoms with Gasteiger partial charge in [0, 0.05) is 5.02 Å². The van der Waals surface area contributed by atoms with Gasteiger partial charge in [-0.1, -0.05) is 23.2 Å². The molecule has 1 aromatic rings. The summed E-state index contributed by atoms with van der Waals surface area (Å²) in [7, 11) is 0. The van der Waals surface area contributed by atoms with Gasteiger partial charge in [0.2, 0.25) is 0 Å². The fourth-order valence-corrected chi connectivity index (χ4v) is 1.53. The van der Waals surface area contributed by atoms with Gasteiger partial charge in [0.15, 0.2) is 5.75 Å². The van der Waals surface area contributed by atoms with Crippen LogP contribution in [0.15, 0.2) is 12.1 Å². The minimum absolute atomic E-state index is 0.143. The topological polar surface area (TPSA) is 46.5 Å². The minimum atomic E-state index is -2.37. The van der Waals surface area contributed by atoms with Crippen LogP contribution >= 0.6 is 23.2 Å². The third-order valence-corrected chi connectivity index (χ3v) is 2.40. The van der Waals surface area contributed by atoms with Gasteiger partial charge in [-0.2, -0.15) is 4.21 Å². The van der Waals surface area contributed by atoms with E-state index >= 15 is 0 Å². The Morgan fingerprint density at radius 2 is 2.00 bits per heavy atom. The summed E-state index contributed by atoms with van der Waals surface area (Å²) >= 11 is 9.07. The van der Waals surface area contributed by atoms with Gasteiger partial charge < -0.3 is 4.18 Å². The first-order valence-electron chi connectivity index (χ1n) is 3.25. The molecule has 3 nitrogen and oxygen atoms in total. The van der Waals surface area contributed by atoms with E-state index in [0.29, 0.717) is 5.02 Å². The van der Waals surface area contributed by atoms with Gasteiger partial charge in [-0.05, 0) is 24.6 Å². The molecule has 0 amide bonds. The van der Waals surface area contributed by atoms with Crippen LogP contribution in [0.3, 0.4) is 0 Å². The zero-order chi connectivity index (χ0) is 10.0. The first-order chi connectivity index (χ1) is 6.00. The lowest BCUT2D eigenvalue weighted by Crippen LogP contribution is -1.98. The Bertz CT molecular complexity index is 354. The van der Waals surface area contributed by atoms with E-state index in [1.807, 2.05) is 0 Å². The van der Waals surface area contributed by atoms with Crippen molar-refractivity contribution in [3.05, 3.63) is 27.7 Å². The Morgan fingerprint density at radius 3 is 2.54 bits per heavy atom. The molecule has 0 spiro atoms. The van der Waals surface area contributed by atoms with Crippen LogP contribution in [0.1, 0.15) is 5.56 Å². The van der Waals surface area contributed by atoms with Crippen LogP contribution in [0, 0.1) is 6.92 Å². The van der Waals surface area contributed by atoms with Gasteiger partial charge in [0.1, 0.15) is 0 Å². The van der Waals surface area contributed by atoms with E-state index in [0.717, 1.165) is 5.56 Å². The molecule has 1 aromatic carbocycles. The molecule has 0 aromatic heterocycles. The lowest BCUT2D eigenvalue weighted by molar-refractivity contribution is 0.458. The van der Waals surface area contributed by atoms with Crippen LogP contribution in [0.2, 0.25) is 10.0 Å². The van der Waals surface area contributed by atoms with Gasteiger partial charge in [-0.15, -0.1) is 0 Å². The van der Waals surface area contributed by atoms with Crippen LogP contribution < -0.4 is 4.18 Å². The Hall–Kier alpha value is -0.290. The van der Waals surface area contributed by atoms with Crippen LogP contribution in [0.5, 0.6) is 5.75 Å². The molecule has 0 radical (unpaired) electrons. The highest BCUT2D eigenvalue weighted by Crippen LogP contribution is 2.30. The maximum absolute atomic E-state index is 10.3. The van der Waals surface area contributed by atoms with Gasteiger partial charge in [0.25, 0.3) is 0 Å². The van der Waals surface area contributed by atoms with Gasteiger partial charge >= 0.3 is 11.4 Å². The van der Waals surface area contributed by atoms with Crippen LogP contribution in [-0.2, 0) is 11.4 Å². The fraction of sp³-hybridized carbons (Fsp3) is 0.143. The predicted molar refractivity (Wildman–Crippen MR) is 52.6 cm³/mol. The van der Waals surface area contributed by atoms with Gasteiger partial charge in [0.05, 0.1) is 5.02 Å². The van der Waals surface area contributed by atoms with E-state index in [9.17, 15) is 4.21 Å². The maximum Gasteiger partial charge on any atom is 0.357 e. The third-order valence-electron chi connectivity index (χ3n) is 1.37. The fourth-order valence-electron chi connectivity index (χ4n) is 0.771. The van der Waals surface area contributed by atoms with Crippen LogP contribution in [0.4, 0.5) is 0 Å². The molecule has 1 atom stereocenters. The number of rotatable bonds is 2. The number of hydrogen-bond acceptors (Lipinski definition) is 2. The van der Waals surface area contributed by atoms with Crippen LogP contribution in [-0.4, -0.2) is 8.76 Å². The molecule has 0 aliphatic heterocycles. The van der Waals surface area contributed by atoms with E-state index in [1.165, 1.54) is 12.1 Å². The number of aryl methyl sites for hydroxylation is 1. The maximum atomic E-state index is 10.3. The summed E-state index contributed by atoms with van der Waals surface area (Å²) in [6.07, 6.45) is 0. The van der Waals surface area contributed by atoms with Crippen molar-refractivity contribution in [3.63, 3.8) is 0 Å². The molecule has 1 unspecified atom stereocenters. The molecule has 1 rings (SSSR count). The Balaban J connectivity index is 3.08. The summed E-state index contributed by atoms with van der Waals surface area (Å²) in [4.78, 5) is 0. The molecule has 1 N–H and O–H groups in total. The molecule has 0 saturated heterocycles. The highest BCUT2D eigenvalue weighted by Gasteiger charge is 2.07. The Labute approximate surface area is 88.1 Å². The van der Waals surface area contributed by atoms with Crippen LogP contribution in [0.25, 0.3) is 0 Å². The molecule has 0 bridgehead atoms. The Morgan fingerprint density at radius 1 is 1.38 bits per heavy atom. The number of benzene rings is 1. The molecule has 0 saturated carbocycles.